The van der Waals surface area contributed by atoms with Crippen molar-refractivity contribution in [3.63, 3.8) is 0 Å². The summed E-state index contributed by atoms with van der Waals surface area (Å²) in [5, 5.41) is 13.6. The first-order valence-electron chi connectivity index (χ1n) is 6.06. The molecule has 7 heteroatoms. The number of nitro benzene ring substituents is 1. The summed E-state index contributed by atoms with van der Waals surface area (Å²) in [6, 6.07) is 1.57. The Morgan fingerprint density at radius 2 is 2.11 bits per heavy atom. The average molecular weight is 272 g/mol. The van der Waals surface area contributed by atoms with Crippen LogP contribution in [0.5, 0.6) is 0 Å². The summed E-state index contributed by atoms with van der Waals surface area (Å²) < 4.78 is 32.2. The van der Waals surface area contributed by atoms with Gasteiger partial charge in [-0.2, -0.15) is 0 Å². The maximum Gasteiger partial charge on any atom is 0.295 e. The van der Waals surface area contributed by atoms with Crippen molar-refractivity contribution in [2.75, 3.05) is 18.5 Å². The predicted molar refractivity (Wildman–Crippen MR) is 65.1 cm³/mol. The number of nitro groups is 1. The summed E-state index contributed by atoms with van der Waals surface area (Å²) in [5.74, 6) is -2.31. The Balaban J connectivity index is 2.26. The van der Waals surface area contributed by atoms with Crippen LogP contribution in [0.1, 0.15) is 19.3 Å². The number of halogens is 2. The maximum absolute atomic E-state index is 13.7. The number of ether oxygens (including phenoxy) is 1. The van der Waals surface area contributed by atoms with Crippen LogP contribution in [0.4, 0.5) is 20.2 Å². The van der Waals surface area contributed by atoms with Crippen LogP contribution < -0.4 is 5.32 Å². The fourth-order valence-electron chi connectivity index (χ4n) is 2.08. The van der Waals surface area contributed by atoms with E-state index in [-0.39, 0.29) is 11.7 Å². The number of nitrogens with one attached hydrogen (secondary N) is 1. The Kier molecular flexibility index (Phi) is 4.26. The molecule has 0 aliphatic carbocycles. The Morgan fingerprint density at radius 1 is 1.32 bits per heavy atom. The van der Waals surface area contributed by atoms with Crippen LogP contribution in [0, 0.1) is 21.7 Å². The number of nitrogens with zero attached hydrogens (tertiary/aromatic N) is 1. The van der Waals surface area contributed by atoms with E-state index in [1.807, 2.05) is 0 Å². The molecule has 104 valence electrons. The second-order valence-corrected chi connectivity index (χ2v) is 4.40. The van der Waals surface area contributed by atoms with Crippen molar-refractivity contribution < 1.29 is 18.4 Å². The smallest absolute Gasteiger partial charge is 0.295 e. The SMILES string of the molecule is O=[N+]([O-])c1ccc(F)c(F)c1NC1CCCOCC1. The van der Waals surface area contributed by atoms with Gasteiger partial charge >= 0.3 is 0 Å². The van der Waals surface area contributed by atoms with E-state index >= 15 is 0 Å². The molecule has 1 aliphatic heterocycles. The predicted octanol–water partition coefficient (Wildman–Crippen LogP) is 2.85. The molecule has 0 bridgehead atoms. The van der Waals surface area contributed by atoms with Crippen molar-refractivity contribution in [3.8, 4) is 0 Å². The van der Waals surface area contributed by atoms with Crippen molar-refractivity contribution >= 4 is 11.4 Å². The lowest BCUT2D eigenvalue weighted by Crippen LogP contribution is -2.21. The van der Waals surface area contributed by atoms with Gasteiger partial charge in [0.05, 0.1) is 4.92 Å². The first-order chi connectivity index (χ1) is 9.09. The number of hydrogen-bond acceptors (Lipinski definition) is 4. The third-order valence-corrected chi connectivity index (χ3v) is 3.07. The molecule has 1 saturated heterocycles. The van der Waals surface area contributed by atoms with Crippen LogP contribution in [-0.4, -0.2) is 24.2 Å². The Hall–Kier alpha value is -1.76. The first-order valence-corrected chi connectivity index (χ1v) is 6.06. The van der Waals surface area contributed by atoms with Crippen LogP contribution in [0.15, 0.2) is 12.1 Å². The zero-order valence-electron chi connectivity index (χ0n) is 10.2. The fourth-order valence-corrected chi connectivity index (χ4v) is 2.08. The number of benzene rings is 1. The second-order valence-electron chi connectivity index (χ2n) is 4.40. The molecule has 0 spiro atoms. The second kappa shape index (κ2) is 5.92. The largest absolute Gasteiger partial charge is 0.381 e. The molecule has 1 aliphatic rings. The van der Waals surface area contributed by atoms with Gasteiger partial charge < -0.3 is 10.1 Å². The molecule has 5 nitrogen and oxygen atoms in total. The van der Waals surface area contributed by atoms with Crippen LogP contribution in [0.2, 0.25) is 0 Å². The van der Waals surface area contributed by atoms with Gasteiger partial charge in [0.25, 0.3) is 5.69 Å². The van der Waals surface area contributed by atoms with Gasteiger partial charge in [-0.1, -0.05) is 0 Å². The van der Waals surface area contributed by atoms with Crippen molar-refractivity contribution in [2.24, 2.45) is 0 Å². The lowest BCUT2D eigenvalue weighted by atomic mass is 10.1. The van der Waals surface area contributed by atoms with Crippen molar-refractivity contribution in [1.29, 1.82) is 0 Å². The highest BCUT2D eigenvalue weighted by molar-refractivity contribution is 5.63. The monoisotopic (exact) mass is 272 g/mol. The number of rotatable bonds is 3. The van der Waals surface area contributed by atoms with E-state index in [9.17, 15) is 18.9 Å². The van der Waals surface area contributed by atoms with E-state index in [1.165, 1.54) is 0 Å². The van der Waals surface area contributed by atoms with Crippen LogP contribution in [0.3, 0.4) is 0 Å². The minimum Gasteiger partial charge on any atom is -0.381 e. The minimum atomic E-state index is -1.21. The van der Waals surface area contributed by atoms with Gasteiger partial charge in [-0.15, -0.1) is 0 Å². The molecule has 1 aromatic carbocycles. The molecule has 2 rings (SSSR count). The van der Waals surface area contributed by atoms with Gasteiger partial charge in [0.2, 0.25) is 0 Å². The molecular weight excluding hydrogens is 258 g/mol. The van der Waals surface area contributed by atoms with Crippen LogP contribution >= 0.6 is 0 Å². The molecular formula is C12H14F2N2O3. The van der Waals surface area contributed by atoms with E-state index in [2.05, 4.69) is 5.32 Å². The summed E-state index contributed by atoms with van der Waals surface area (Å²) in [4.78, 5) is 10.1. The van der Waals surface area contributed by atoms with E-state index in [4.69, 9.17) is 4.74 Å². The highest BCUT2D eigenvalue weighted by atomic mass is 19.2. The van der Waals surface area contributed by atoms with E-state index in [0.29, 0.717) is 26.1 Å². The zero-order valence-corrected chi connectivity index (χ0v) is 10.2. The molecule has 19 heavy (non-hydrogen) atoms. The molecule has 1 atom stereocenters. The maximum atomic E-state index is 13.7. The third-order valence-electron chi connectivity index (χ3n) is 3.07. The van der Waals surface area contributed by atoms with Gasteiger partial charge in [0.1, 0.15) is 0 Å². The molecule has 0 radical (unpaired) electrons. The molecule has 1 aromatic rings. The van der Waals surface area contributed by atoms with Gasteiger partial charge in [-0.05, 0) is 25.3 Å². The Labute approximate surface area is 108 Å². The van der Waals surface area contributed by atoms with E-state index < -0.39 is 22.2 Å². The van der Waals surface area contributed by atoms with Gasteiger partial charge in [-0.25, -0.2) is 8.78 Å². The average Bonchev–Trinajstić information content (AvgIpc) is 2.63. The number of hydrogen-bond donors (Lipinski definition) is 1. The molecule has 0 amide bonds. The molecule has 1 unspecified atom stereocenters. The third kappa shape index (κ3) is 3.17. The number of anilines is 1. The summed E-state index contributed by atoms with van der Waals surface area (Å²) in [6.07, 6.45) is 2.09. The zero-order chi connectivity index (χ0) is 13.8. The minimum absolute atomic E-state index is 0.155. The fraction of sp³-hybridized carbons (Fsp3) is 0.500. The molecule has 0 aromatic heterocycles. The summed E-state index contributed by atoms with van der Waals surface area (Å²) in [7, 11) is 0. The van der Waals surface area contributed by atoms with Gasteiger partial charge in [0, 0.05) is 25.3 Å². The van der Waals surface area contributed by atoms with Crippen molar-refractivity contribution in [2.45, 2.75) is 25.3 Å². The van der Waals surface area contributed by atoms with Crippen molar-refractivity contribution in [3.05, 3.63) is 33.9 Å². The van der Waals surface area contributed by atoms with Gasteiger partial charge in [-0.3, -0.25) is 10.1 Å². The quantitative estimate of drug-likeness (QED) is 0.678. The Bertz CT molecular complexity index is 474. The first kappa shape index (κ1) is 13.7. The molecule has 0 saturated carbocycles. The summed E-state index contributed by atoms with van der Waals surface area (Å²) in [6.45, 7) is 1.12. The lowest BCUT2D eigenvalue weighted by Gasteiger charge is -2.17. The van der Waals surface area contributed by atoms with Crippen LogP contribution in [-0.2, 0) is 4.74 Å². The summed E-state index contributed by atoms with van der Waals surface area (Å²) in [5.41, 5.74) is -0.832. The van der Waals surface area contributed by atoms with E-state index in [1.54, 1.807) is 0 Å². The summed E-state index contributed by atoms with van der Waals surface area (Å²) >= 11 is 0. The normalized spacial score (nSPS) is 19.8. The topological polar surface area (TPSA) is 64.4 Å². The Morgan fingerprint density at radius 3 is 2.84 bits per heavy atom. The van der Waals surface area contributed by atoms with Crippen LogP contribution in [0.25, 0.3) is 0 Å². The van der Waals surface area contributed by atoms with Gasteiger partial charge in [0.15, 0.2) is 17.3 Å². The highest BCUT2D eigenvalue weighted by Gasteiger charge is 2.24. The standard InChI is InChI=1S/C12H14F2N2O3/c13-9-3-4-10(16(17)18)12(11(9)14)15-8-2-1-6-19-7-5-8/h3-4,8,15H,1-2,5-7H2. The lowest BCUT2D eigenvalue weighted by molar-refractivity contribution is -0.384. The molecule has 1 N–H and O–H groups in total. The van der Waals surface area contributed by atoms with E-state index in [0.717, 1.165) is 18.6 Å². The molecule has 1 fully saturated rings. The highest BCUT2D eigenvalue weighted by Crippen LogP contribution is 2.30. The van der Waals surface area contributed by atoms with Crippen molar-refractivity contribution in [1.82, 2.24) is 0 Å². The molecule has 1 heterocycles.